The van der Waals surface area contributed by atoms with Crippen LogP contribution in [0, 0.1) is 18.3 Å². The first-order valence-corrected chi connectivity index (χ1v) is 5.69. The fourth-order valence-corrected chi connectivity index (χ4v) is 1.60. The van der Waals surface area contributed by atoms with Crippen LogP contribution < -0.4 is 4.74 Å². The number of rotatable bonds is 3. The van der Waals surface area contributed by atoms with Crippen molar-refractivity contribution in [2.75, 3.05) is 0 Å². The molecule has 0 saturated heterocycles. The molecule has 0 aliphatic carbocycles. The van der Waals surface area contributed by atoms with Gasteiger partial charge >= 0.3 is 0 Å². The topological polar surface area (TPSA) is 33.0 Å². The Morgan fingerprint density at radius 1 is 1.06 bits per heavy atom. The molecule has 0 spiro atoms. The maximum Gasteiger partial charge on any atom is 0.127 e. The van der Waals surface area contributed by atoms with Gasteiger partial charge in [-0.15, -0.1) is 0 Å². The first-order valence-electron chi connectivity index (χ1n) is 5.69. The van der Waals surface area contributed by atoms with Crippen molar-refractivity contribution >= 4 is 6.08 Å². The first-order chi connectivity index (χ1) is 8.78. The molecule has 18 heavy (non-hydrogen) atoms. The second-order valence-electron chi connectivity index (χ2n) is 3.95. The van der Waals surface area contributed by atoms with Gasteiger partial charge in [-0.1, -0.05) is 24.3 Å². The van der Waals surface area contributed by atoms with E-state index in [2.05, 4.69) is 0 Å². The van der Waals surface area contributed by atoms with Crippen molar-refractivity contribution in [3.63, 3.8) is 0 Å². The Bertz CT molecular complexity index is 591. The van der Waals surface area contributed by atoms with Crippen LogP contribution in [0.5, 0.6) is 11.5 Å². The van der Waals surface area contributed by atoms with Gasteiger partial charge in [-0.2, -0.15) is 5.26 Å². The third kappa shape index (κ3) is 3.23. The predicted molar refractivity (Wildman–Crippen MR) is 72.3 cm³/mol. The maximum absolute atomic E-state index is 8.44. The van der Waals surface area contributed by atoms with Gasteiger partial charge in [-0.25, -0.2) is 0 Å². The van der Waals surface area contributed by atoms with E-state index in [1.807, 2.05) is 61.5 Å². The summed E-state index contributed by atoms with van der Waals surface area (Å²) in [5, 5.41) is 8.44. The van der Waals surface area contributed by atoms with Crippen molar-refractivity contribution < 1.29 is 4.74 Å². The molecule has 0 N–H and O–H groups in total. The van der Waals surface area contributed by atoms with Crippen LogP contribution in [0.1, 0.15) is 11.1 Å². The highest BCUT2D eigenvalue weighted by Gasteiger charge is 1.97. The molecule has 0 aromatic heterocycles. The average Bonchev–Trinajstić information content (AvgIpc) is 2.38. The van der Waals surface area contributed by atoms with E-state index in [-0.39, 0.29) is 0 Å². The summed E-state index contributed by atoms with van der Waals surface area (Å²) in [5.41, 5.74) is 2.15. The minimum atomic E-state index is 0.787. The second-order valence-corrected chi connectivity index (χ2v) is 3.95. The molecule has 0 radical (unpaired) electrons. The Morgan fingerprint density at radius 3 is 2.50 bits per heavy atom. The van der Waals surface area contributed by atoms with Gasteiger partial charge in [0.05, 0.1) is 6.07 Å². The van der Waals surface area contributed by atoms with E-state index < -0.39 is 0 Å². The van der Waals surface area contributed by atoms with Crippen molar-refractivity contribution in [2.24, 2.45) is 0 Å². The monoisotopic (exact) mass is 235 g/mol. The highest BCUT2D eigenvalue weighted by atomic mass is 16.5. The van der Waals surface area contributed by atoms with Crippen molar-refractivity contribution in [2.45, 2.75) is 6.92 Å². The summed E-state index contributed by atoms with van der Waals surface area (Å²) in [5.74, 6) is 1.62. The molecule has 2 aromatic rings. The lowest BCUT2D eigenvalue weighted by Crippen LogP contribution is -1.84. The molecule has 0 aliphatic rings. The third-order valence-corrected chi connectivity index (χ3v) is 2.46. The lowest BCUT2D eigenvalue weighted by Gasteiger charge is -2.06. The average molecular weight is 235 g/mol. The van der Waals surface area contributed by atoms with Gasteiger partial charge in [0.15, 0.2) is 0 Å². The van der Waals surface area contributed by atoms with Crippen LogP contribution >= 0.6 is 0 Å². The number of hydrogen-bond donors (Lipinski definition) is 0. The van der Waals surface area contributed by atoms with E-state index in [1.165, 1.54) is 11.6 Å². The molecule has 0 atom stereocenters. The van der Waals surface area contributed by atoms with E-state index >= 15 is 0 Å². The zero-order chi connectivity index (χ0) is 12.8. The van der Waals surface area contributed by atoms with Crippen molar-refractivity contribution in [1.82, 2.24) is 0 Å². The fraction of sp³-hybridized carbons (Fsp3) is 0.0625. The van der Waals surface area contributed by atoms with Crippen LogP contribution in [-0.4, -0.2) is 0 Å². The summed E-state index contributed by atoms with van der Waals surface area (Å²) in [7, 11) is 0. The SMILES string of the molecule is Cc1cccc(Oc2ccc(C=CC#N)cc2)c1. The van der Waals surface area contributed by atoms with E-state index in [1.54, 1.807) is 6.08 Å². The van der Waals surface area contributed by atoms with E-state index in [4.69, 9.17) is 10.00 Å². The Labute approximate surface area is 107 Å². The number of benzene rings is 2. The van der Waals surface area contributed by atoms with Crippen LogP contribution in [-0.2, 0) is 0 Å². The smallest absolute Gasteiger partial charge is 0.127 e. The summed E-state index contributed by atoms with van der Waals surface area (Å²) >= 11 is 0. The van der Waals surface area contributed by atoms with Gasteiger partial charge in [0.25, 0.3) is 0 Å². The standard InChI is InChI=1S/C16H13NO/c1-13-4-2-6-16(12-13)18-15-9-7-14(8-10-15)5-3-11-17/h2-10,12H,1H3. The fourth-order valence-electron chi connectivity index (χ4n) is 1.60. The van der Waals surface area contributed by atoms with Gasteiger partial charge < -0.3 is 4.74 Å². The molecule has 0 saturated carbocycles. The summed E-state index contributed by atoms with van der Waals surface area (Å²) < 4.78 is 5.73. The summed E-state index contributed by atoms with van der Waals surface area (Å²) in [6, 6.07) is 17.5. The molecule has 88 valence electrons. The van der Waals surface area contributed by atoms with Crippen molar-refractivity contribution in [3.8, 4) is 17.6 Å². The Morgan fingerprint density at radius 2 is 1.83 bits per heavy atom. The van der Waals surface area contributed by atoms with Crippen LogP contribution in [0.15, 0.2) is 54.6 Å². The van der Waals surface area contributed by atoms with Gasteiger partial charge in [-0.3, -0.25) is 0 Å². The van der Waals surface area contributed by atoms with Gasteiger partial charge in [0, 0.05) is 6.08 Å². The summed E-state index contributed by atoms with van der Waals surface area (Å²) in [4.78, 5) is 0. The molecule has 2 rings (SSSR count). The lowest BCUT2D eigenvalue weighted by atomic mass is 10.2. The summed E-state index contributed by atoms with van der Waals surface area (Å²) in [6.45, 7) is 2.03. The minimum absolute atomic E-state index is 0.787. The highest BCUT2D eigenvalue weighted by molar-refractivity contribution is 5.53. The third-order valence-electron chi connectivity index (χ3n) is 2.46. The van der Waals surface area contributed by atoms with Crippen molar-refractivity contribution in [3.05, 3.63) is 65.7 Å². The Kier molecular flexibility index (Phi) is 3.78. The number of ether oxygens (including phenoxy) is 1. The molecular weight excluding hydrogens is 222 g/mol. The molecule has 0 unspecified atom stereocenters. The van der Waals surface area contributed by atoms with Crippen LogP contribution in [0.2, 0.25) is 0 Å². The predicted octanol–water partition coefficient (Wildman–Crippen LogP) is 4.32. The van der Waals surface area contributed by atoms with E-state index in [9.17, 15) is 0 Å². The van der Waals surface area contributed by atoms with Crippen LogP contribution in [0.4, 0.5) is 0 Å². The van der Waals surface area contributed by atoms with Gasteiger partial charge in [0.1, 0.15) is 11.5 Å². The Balaban J connectivity index is 2.11. The lowest BCUT2D eigenvalue weighted by molar-refractivity contribution is 0.482. The van der Waals surface area contributed by atoms with Gasteiger partial charge in [-0.05, 0) is 48.4 Å². The highest BCUT2D eigenvalue weighted by Crippen LogP contribution is 2.22. The number of hydrogen-bond acceptors (Lipinski definition) is 2. The maximum atomic E-state index is 8.44. The Hall–Kier alpha value is -2.53. The van der Waals surface area contributed by atoms with Crippen LogP contribution in [0.3, 0.4) is 0 Å². The second kappa shape index (κ2) is 5.70. The molecular formula is C16H13NO. The van der Waals surface area contributed by atoms with Gasteiger partial charge in [0.2, 0.25) is 0 Å². The normalized spacial score (nSPS) is 10.2. The molecule has 2 aromatic carbocycles. The number of nitrogens with zero attached hydrogens (tertiary/aromatic N) is 1. The molecule has 0 aliphatic heterocycles. The van der Waals surface area contributed by atoms with Crippen LogP contribution in [0.25, 0.3) is 6.08 Å². The zero-order valence-corrected chi connectivity index (χ0v) is 10.1. The van der Waals surface area contributed by atoms with Crippen molar-refractivity contribution in [1.29, 1.82) is 5.26 Å². The minimum Gasteiger partial charge on any atom is -0.457 e. The number of nitriles is 1. The first kappa shape index (κ1) is 11.9. The van der Waals surface area contributed by atoms with E-state index in [0.717, 1.165) is 17.1 Å². The largest absolute Gasteiger partial charge is 0.457 e. The van der Waals surface area contributed by atoms with E-state index in [0.29, 0.717) is 0 Å². The molecule has 2 nitrogen and oxygen atoms in total. The molecule has 0 heterocycles. The zero-order valence-electron chi connectivity index (χ0n) is 10.1. The molecule has 0 fully saturated rings. The number of aryl methyl sites for hydroxylation is 1. The summed E-state index contributed by atoms with van der Waals surface area (Å²) in [6.07, 6.45) is 3.22. The molecule has 0 amide bonds. The quantitative estimate of drug-likeness (QED) is 0.742. The molecule has 2 heteroatoms. The molecule has 0 bridgehead atoms. The number of allylic oxidation sites excluding steroid dienone is 1.